The van der Waals surface area contributed by atoms with E-state index >= 15 is 0 Å². The number of rotatable bonds is 8. The maximum atomic E-state index is 13.1. The fourth-order valence-electron chi connectivity index (χ4n) is 3.15. The minimum absolute atomic E-state index is 0.0635. The molecule has 14 heteroatoms. The molecule has 4 aromatic rings. The Bertz CT molecular complexity index is 1430. The molecule has 4 rings (SSSR count). The summed E-state index contributed by atoms with van der Waals surface area (Å²) in [5.41, 5.74) is -0.153. The number of anilines is 3. The molecule has 0 fully saturated rings. The number of carbonyl (C=O) groups excluding carboxylic acids is 2. The van der Waals surface area contributed by atoms with Crippen LogP contribution in [0.1, 0.15) is 50.0 Å². The highest BCUT2D eigenvalue weighted by atomic mass is 35.5. The van der Waals surface area contributed by atoms with Crippen molar-refractivity contribution in [3.05, 3.63) is 81.5 Å². The minimum atomic E-state index is -4.70. The van der Waals surface area contributed by atoms with Crippen LogP contribution >= 0.6 is 22.9 Å². The second kappa shape index (κ2) is 11.0. The molecule has 0 spiro atoms. The van der Waals surface area contributed by atoms with Crippen LogP contribution in [0.25, 0.3) is 0 Å². The van der Waals surface area contributed by atoms with Crippen LogP contribution in [0.2, 0.25) is 5.02 Å². The van der Waals surface area contributed by atoms with Crippen molar-refractivity contribution in [2.45, 2.75) is 25.4 Å². The van der Waals surface area contributed by atoms with Crippen molar-refractivity contribution in [2.75, 3.05) is 10.6 Å². The van der Waals surface area contributed by atoms with E-state index in [0.717, 1.165) is 23.2 Å². The molecular formula is C23H17ClF3N7O2S. The van der Waals surface area contributed by atoms with Crippen molar-refractivity contribution < 1.29 is 22.8 Å². The fraction of sp³-hybridized carbons (Fsp3) is 0.174. The molecule has 0 saturated carbocycles. The van der Waals surface area contributed by atoms with Gasteiger partial charge in [-0.15, -0.1) is 11.3 Å². The lowest BCUT2D eigenvalue weighted by Crippen LogP contribution is -2.13. The van der Waals surface area contributed by atoms with Gasteiger partial charge in [0.25, 0.3) is 5.91 Å². The average Bonchev–Trinajstić information content (AvgIpc) is 3.36. The lowest BCUT2D eigenvalue weighted by molar-refractivity contribution is -0.137. The SMILES string of the molecule is CC(CC(=O)c1cc(Nc2ccncc2)ncn1)c1ncc(C(=O)Nc2cc(C(F)(F)F)c(Cl)cn2)s1. The van der Waals surface area contributed by atoms with Gasteiger partial charge in [-0.05, 0) is 18.2 Å². The lowest BCUT2D eigenvalue weighted by atomic mass is 10.0. The van der Waals surface area contributed by atoms with Crippen LogP contribution in [0.3, 0.4) is 0 Å². The molecule has 0 aromatic carbocycles. The van der Waals surface area contributed by atoms with Gasteiger partial charge in [-0.3, -0.25) is 14.6 Å². The average molecular weight is 548 g/mol. The second-order valence-corrected chi connectivity index (χ2v) is 9.21. The Labute approximate surface area is 217 Å². The van der Waals surface area contributed by atoms with Gasteiger partial charge >= 0.3 is 6.18 Å². The summed E-state index contributed by atoms with van der Waals surface area (Å²) in [6.07, 6.45) is 1.99. The third-order valence-corrected chi connectivity index (χ3v) is 6.50. The van der Waals surface area contributed by atoms with Gasteiger partial charge in [0.2, 0.25) is 0 Å². The van der Waals surface area contributed by atoms with E-state index in [1.807, 2.05) is 0 Å². The zero-order chi connectivity index (χ0) is 26.6. The summed E-state index contributed by atoms with van der Waals surface area (Å²) >= 11 is 6.58. The number of pyridine rings is 2. The van der Waals surface area contributed by atoms with Crippen LogP contribution < -0.4 is 10.6 Å². The smallest absolute Gasteiger partial charge is 0.340 e. The first kappa shape index (κ1) is 26.1. The summed E-state index contributed by atoms with van der Waals surface area (Å²) in [6, 6.07) is 5.69. The Morgan fingerprint density at radius 2 is 1.81 bits per heavy atom. The number of Topliss-reactive ketones (excluding diaryl/α,β-unsaturated/α-hetero) is 1. The van der Waals surface area contributed by atoms with E-state index < -0.39 is 22.7 Å². The van der Waals surface area contributed by atoms with Gasteiger partial charge < -0.3 is 10.6 Å². The van der Waals surface area contributed by atoms with Crippen LogP contribution in [0.5, 0.6) is 0 Å². The summed E-state index contributed by atoms with van der Waals surface area (Å²) < 4.78 is 39.2. The third kappa shape index (κ3) is 6.62. The van der Waals surface area contributed by atoms with Crippen molar-refractivity contribution in [1.82, 2.24) is 24.9 Å². The topological polar surface area (TPSA) is 123 Å². The number of ketones is 1. The van der Waals surface area contributed by atoms with E-state index in [1.54, 1.807) is 31.5 Å². The Balaban J connectivity index is 1.40. The highest BCUT2D eigenvalue weighted by Crippen LogP contribution is 2.35. The van der Waals surface area contributed by atoms with Gasteiger partial charge in [0, 0.05) is 42.7 Å². The molecule has 1 atom stereocenters. The largest absolute Gasteiger partial charge is 0.418 e. The molecule has 0 bridgehead atoms. The standard InChI is InChI=1S/C23H17ClF3N7O2S/c1-12(6-17(35)16-8-20(32-11-31-16)33-13-2-4-28-5-3-13)22-30-10-18(37-22)21(36)34-19-7-14(23(25,26)27)15(24)9-29-19/h2-5,7-12H,6H2,1H3,(H,29,34,36)(H,28,31,32,33). The van der Waals surface area contributed by atoms with Crippen molar-refractivity contribution in [3.8, 4) is 0 Å². The molecule has 0 aliphatic rings. The number of nitrogens with one attached hydrogen (secondary N) is 2. The Kier molecular flexibility index (Phi) is 7.74. The first-order valence-corrected chi connectivity index (χ1v) is 11.8. The molecule has 1 unspecified atom stereocenters. The number of hydrogen-bond acceptors (Lipinski definition) is 9. The molecule has 4 aromatic heterocycles. The van der Waals surface area contributed by atoms with Crippen molar-refractivity contribution in [1.29, 1.82) is 0 Å². The van der Waals surface area contributed by atoms with Crippen molar-refractivity contribution >= 4 is 52.0 Å². The molecule has 1 amide bonds. The predicted octanol–water partition coefficient (Wildman–Crippen LogP) is 5.77. The molecule has 0 aliphatic carbocycles. The molecule has 37 heavy (non-hydrogen) atoms. The second-order valence-electron chi connectivity index (χ2n) is 7.74. The molecule has 0 aliphatic heterocycles. The molecule has 190 valence electrons. The first-order chi connectivity index (χ1) is 17.6. The summed E-state index contributed by atoms with van der Waals surface area (Å²) in [5.74, 6) is -1.15. The van der Waals surface area contributed by atoms with Gasteiger partial charge in [0.05, 0.1) is 21.8 Å². The molecule has 4 heterocycles. The summed E-state index contributed by atoms with van der Waals surface area (Å²) in [5, 5.41) is 5.30. The first-order valence-electron chi connectivity index (χ1n) is 10.6. The Morgan fingerprint density at radius 3 is 2.54 bits per heavy atom. The van der Waals surface area contributed by atoms with E-state index in [2.05, 4.69) is 35.6 Å². The highest BCUT2D eigenvalue weighted by molar-refractivity contribution is 7.13. The van der Waals surface area contributed by atoms with Crippen molar-refractivity contribution in [2.24, 2.45) is 0 Å². The number of amides is 1. The zero-order valence-electron chi connectivity index (χ0n) is 19.0. The molecule has 2 N–H and O–H groups in total. The van der Waals surface area contributed by atoms with Crippen molar-refractivity contribution in [3.63, 3.8) is 0 Å². The van der Waals surface area contributed by atoms with E-state index in [4.69, 9.17) is 11.6 Å². The maximum absolute atomic E-state index is 13.1. The summed E-state index contributed by atoms with van der Waals surface area (Å²) in [4.78, 5) is 45.5. The van der Waals surface area contributed by atoms with E-state index in [9.17, 15) is 22.8 Å². The van der Waals surface area contributed by atoms with E-state index in [-0.39, 0.29) is 34.5 Å². The van der Waals surface area contributed by atoms with Gasteiger partial charge in [0.15, 0.2) is 5.78 Å². The number of carbonyl (C=O) groups is 2. The predicted molar refractivity (Wildman–Crippen MR) is 131 cm³/mol. The number of alkyl halides is 3. The molecule has 0 radical (unpaired) electrons. The molecule has 0 saturated heterocycles. The Hall–Kier alpha value is -3.97. The fourth-order valence-corrected chi connectivity index (χ4v) is 4.23. The number of nitrogens with zero attached hydrogens (tertiary/aromatic N) is 5. The van der Waals surface area contributed by atoms with Gasteiger partial charge in [0.1, 0.15) is 28.5 Å². The number of hydrogen-bond donors (Lipinski definition) is 2. The lowest BCUT2D eigenvalue weighted by Gasteiger charge is -2.10. The van der Waals surface area contributed by atoms with Gasteiger partial charge in [-0.1, -0.05) is 18.5 Å². The minimum Gasteiger partial charge on any atom is -0.340 e. The van der Waals surface area contributed by atoms with Crippen LogP contribution in [0.15, 0.2) is 55.4 Å². The Morgan fingerprint density at radius 1 is 1.05 bits per heavy atom. The normalized spacial score (nSPS) is 12.1. The van der Waals surface area contributed by atoms with E-state index in [1.165, 1.54) is 18.6 Å². The van der Waals surface area contributed by atoms with Gasteiger partial charge in [-0.25, -0.2) is 19.9 Å². The number of thiazole rings is 1. The molecular weight excluding hydrogens is 531 g/mol. The monoisotopic (exact) mass is 547 g/mol. The van der Waals surface area contributed by atoms with E-state index in [0.29, 0.717) is 16.9 Å². The summed E-state index contributed by atoms with van der Waals surface area (Å²) in [7, 11) is 0. The molecule has 9 nitrogen and oxygen atoms in total. The quantitative estimate of drug-likeness (QED) is 0.267. The van der Waals surface area contributed by atoms with Gasteiger partial charge in [-0.2, -0.15) is 13.2 Å². The zero-order valence-corrected chi connectivity index (χ0v) is 20.5. The van der Waals surface area contributed by atoms with Crippen LogP contribution in [-0.4, -0.2) is 36.6 Å². The van der Waals surface area contributed by atoms with Crippen LogP contribution in [0, 0.1) is 0 Å². The van der Waals surface area contributed by atoms with Crippen LogP contribution in [-0.2, 0) is 6.18 Å². The third-order valence-electron chi connectivity index (χ3n) is 4.97. The van der Waals surface area contributed by atoms with Crippen LogP contribution in [0.4, 0.5) is 30.5 Å². The maximum Gasteiger partial charge on any atom is 0.418 e. The summed E-state index contributed by atoms with van der Waals surface area (Å²) in [6.45, 7) is 1.77. The highest BCUT2D eigenvalue weighted by Gasteiger charge is 2.34. The number of aromatic nitrogens is 5. The number of halogens is 4.